The van der Waals surface area contributed by atoms with Gasteiger partial charge in [-0.05, 0) is 55.5 Å². The van der Waals surface area contributed by atoms with Crippen LogP contribution in [0.2, 0.25) is 0 Å². The lowest BCUT2D eigenvalue weighted by Gasteiger charge is -2.25. The van der Waals surface area contributed by atoms with Gasteiger partial charge >= 0.3 is 0 Å². The van der Waals surface area contributed by atoms with Crippen LogP contribution in [0.25, 0.3) is 0 Å². The van der Waals surface area contributed by atoms with Gasteiger partial charge < -0.3 is 25.4 Å². The summed E-state index contributed by atoms with van der Waals surface area (Å²) in [6.45, 7) is 6.12. The number of nitrogens with one attached hydrogen (secondary N) is 1. The Balaban J connectivity index is 1.75. The van der Waals surface area contributed by atoms with Gasteiger partial charge in [0.05, 0.1) is 5.60 Å². The van der Waals surface area contributed by atoms with E-state index < -0.39 is 11.9 Å². The molecule has 2 rings (SSSR count). The summed E-state index contributed by atoms with van der Waals surface area (Å²) in [7, 11) is 0. The molecule has 154 valence electrons. The predicted octanol–water partition coefficient (Wildman–Crippen LogP) is 3.67. The molecule has 5 nitrogen and oxygen atoms in total. The molecule has 2 aromatic carbocycles. The highest BCUT2D eigenvalue weighted by molar-refractivity contribution is 5.29. The van der Waals surface area contributed by atoms with Crippen molar-refractivity contribution in [3.05, 3.63) is 65.2 Å². The SMILES string of the molecule is CCC(O)(CC)CCCNCc1cccc(OCc2ccc(C(O)O)cc2)c1. The van der Waals surface area contributed by atoms with E-state index in [0.717, 1.165) is 55.6 Å². The molecule has 0 aromatic heterocycles. The summed E-state index contributed by atoms with van der Waals surface area (Å²) in [5.41, 5.74) is 2.06. The molecule has 28 heavy (non-hydrogen) atoms. The third kappa shape index (κ3) is 7.24. The molecular formula is C23H33NO4. The van der Waals surface area contributed by atoms with Gasteiger partial charge in [0.1, 0.15) is 12.4 Å². The lowest BCUT2D eigenvalue weighted by atomic mass is 9.92. The molecule has 0 amide bonds. The lowest BCUT2D eigenvalue weighted by molar-refractivity contribution is -0.0425. The molecule has 0 atom stereocenters. The molecule has 0 radical (unpaired) electrons. The fourth-order valence-electron chi connectivity index (χ4n) is 3.08. The summed E-state index contributed by atoms with van der Waals surface area (Å²) in [4.78, 5) is 0. The van der Waals surface area contributed by atoms with Crippen molar-refractivity contribution in [2.24, 2.45) is 0 Å². The van der Waals surface area contributed by atoms with Gasteiger partial charge in [0.25, 0.3) is 0 Å². The molecule has 0 saturated carbocycles. The second kappa shape index (κ2) is 11.2. The Hall–Kier alpha value is -1.92. The van der Waals surface area contributed by atoms with Crippen LogP contribution in [0.5, 0.6) is 5.75 Å². The number of benzene rings is 2. The molecule has 0 fully saturated rings. The summed E-state index contributed by atoms with van der Waals surface area (Å²) in [5, 5.41) is 32.0. The fourth-order valence-corrected chi connectivity index (χ4v) is 3.08. The van der Waals surface area contributed by atoms with E-state index in [1.165, 1.54) is 0 Å². The molecule has 0 aliphatic carbocycles. The smallest absolute Gasteiger partial charge is 0.178 e. The Kier molecular flexibility index (Phi) is 8.93. The maximum Gasteiger partial charge on any atom is 0.178 e. The number of hydrogen-bond acceptors (Lipinski definition) is 5. The zero-order valence-corrected chi connectivity index (χ0v) is 16.9. The van der Waals surface area contributed by atoms with E-state index in [0.29, 0.717) is 12.2 Å². The largest absolute Gasteiger partial charge is 0.489 e. The van der Waals surface area contributed by atoms with Crippen molar-refractivity contribution in [1.82, 2.24) is 5.32 Å². The van der Waals surface area contributed by atoms with Gasteiger partial charge in [0.2, 0.25) is 0 Å². The summed E-state index contributed by atoms with van der Waals surface area (Å²) in [6.07, 6.45) is 1.92. The van der Waals surface area contributed by atoms with Crippen LogP contribution in [-0.2, 0) is 13.2 Å². The van der Waals surface area contributed by atoms with Crippen LogP contribution in [0, 0.1) is 0 Å². The van der Waals surface area contributed by atoms with Crippen LogP contribution in [0.15, 0.2) is 48.5 Å². The van der Waals surface area contributed by atoms with Gasteiger partial charge in [0, 0.05) is 12.1 Å². The first-order valence-electron chi connectivity index (χ1n) is 10.1. The second-order valence-electron chi connectivity index (χ2n) is 7.26. The minimum atomic E-state index is -1.45. The zero-order valence-electron chi connectivity index (χ0n) is 16.9. The van der Waals surface area contributed by atoms with Crippen LogP contribution >= 0.6 is 0 Å². The molecule has 0 bridgehead atoms. The highest BCUT2D eigenvalue weighted by Gasteiger charge is 2.20. The van der Waals surface area contributed by atoms with E-state index in [2.05, 4.69) is 11.4 Å². The molecule has 4 N–H and O–H groups in total. The van der Waals surface area contributed by atoms with Gasteiger partial charge in [0.15, 0.2) is 6.29 Å². The molecule has 0 heterocycles. The summed E-state index contributed by atoms with van der Waals surface area (Å²) >= 11 is 0. The first-order valence-corrected chi connectivity index (χ1v) is 10.1. The van der Waals surface area contributed by atoms with Crippen LogP contribution in [-0.4, -0.2) is 27.5 Å². The lowest BCUT2D eigenvalue weighted by Crippen LogP contribution is -2.28. The minimum Gasteiger partial charge on any atom is -0.489 e. The number of hydrogen-bond donors (Lipinski definition) is 4. The van der Waals surface area contributed by atoms with Gasteiger partial charge in [-0.25, -0.2) is 0 Å². The van der Waals surface area contributed by atoms with Gasteiger partial charge in [-0.1, -0.05) is 50.2 Å². The quantitative estimate of drug-likeness (QED) is 0.330. The first-order chi connectivity index (χ1) is 13.5. The van der Waals surface area contributed by atoms with Crippen molar-refractivity contribution >= 4 is 0 Å². The average molecular weight is 388 g/mol. The van der Waals surface area contributed by atoms with E-state index in [1.54, 1.807) is 12.1 Å². The molecule has 0 aliphatic heterocycles. The highest BCUT2D eigenvalue weighted by atomic mass is 16.5. The number of aliphatic hydroxyl groups is 3. The number of ether oxygens (including phenoxy) is 1. The van der Waals surface area contributed by atoms with Crippen molar-refractivity contribution in [2.45, 2.75) is 64.6 Å². The van der Waals surface area contributed by atoms with Crippen LogP contribution in [0.3, 0.4) is 0 Å². The van der Waals surface area contributed by atoms with Crippen molar-refractivity contribution in [1.29, 1.82) is 0 Å². The molecule has 0 spiro atoms. The Morgan fingerprint density at radius 1 is 1.00 bits per heavy atom. The number of aliphatic hydroxyl groups excluding tert-OH is 1. The molecule has 2 aromatic rings. The summed E-state index contributed by atoms with van der Waals surface area (Å²) in [6, 6.07) is 15.0. The van der Waals surface area contributed by atoms with Crippen molar-refractivity contribution in [3.8, 4) is 5.75 Å². The third-order valence-electron chi connectivity index (χ3n) is 5.22. The minimum absolute atomic E-state index is 0.422. The standard InChI is InChI=1S/C23H33NO4/c1-3-23(27,4-2)13-6-14-24-16-19-7-5-8-21(15-19)28-17-18-9-11-20(12-10-18)22(25)26/h5,7-12,15,22,24-27H,3-4,6,13-14,16-17H2,1-2H3. The maximum atomic E-state index is 10.3. The zero-order chi connectivity index (χ0) is 20.4. The molecule has 0 unspecified atom stereocenters. The van der Waals surface area contributed by atoms with Gasteiger partial charge in [-0.3, -0.25) is 0 Å². The van der Waals surface area contributed by atoms with Crippen molar-refractivity contribution in [3.63, 3.8) is 0 Å². The van der Waals surface area contributed by atoms with E-state index in [4.69, 9.17) is 14.9 Å². The molecular weight excluding hydrogens is 354 g/mol. The molecule has 0 aliphatic rings. The van der Waals surface area contributed by atoms with Crippen LogP contribution in [0.1, 0.15) is 62.5 Å². The Morgan fingerprint density at radius 3 is 2.36 bits per heavy atom. The van der Waals surface area contributed by atoms with Crippen LogP contribution < -0.4 is 10.1 Å². The van der Waals surface area contributed by atoms with Crippen molar-refractivity contribution < 1.29 is 20.1 Å². The third-order valence-corrected chi connectivity index (χ3v) is 5.22. The molecule has 5 heteroatoms. The predicted molar refractivity (Wildman–Crippen MR) is 111 cm³/mol. The summed E-state index contributed by atoms with van der Waals surface area (Å²) in [5.74, 6) is 0.803. The van der Waals surface area contributed by atoms with E-state index >= 15 is 0 Å². The van der Waals surface area contributed by atoms with E-state index in [-0.39, 0.29) is 0 Å². The first kappa shape index (κ1) is 22.4. The topological polar surface area (TPSA) is 82.0 Å². The van der Waals surface area contributed by atoms with E-state index in [9.17, 15) is 5.11 Å². The Morgan fingerprint density at radius 2 is 1.71 bits per heavy atom. The molecule has 0 saturated heterocycles. The van der Waals surface area contributed by atoms with Gasteiger partial charge in [-0.2, -0.15) is 0 Å². The van der Waals surface area contributed by atoms with Gasteiger partial charge in [-0.15, -0.1) is 0 Å². The Bertz CT molecular complexity index is 696. The summed E-state index contributed by atoms with van der Waals surface area (Å²) < 4.78 is 5.85. The monoisotopic (exact) mass is 387 g/mol. The Labute approximate surface area is 168 Å². The van der Waals surface area contributed by atoms with Crippen LogP contribution in [0.4, 0.5) is 0 Å². The van der Waals surface area contributed by atoms with E-state index in [1.807, 2.05) is 44.2 Å². The fraction of sp³-hybridized carbons (Fsp3) is 0.478. The second-order valence-corrected chi connectivity index (χ2v) is 7.26. The highest BCUT2D eigenvalue weighted by Crippen LogP contribution is 2.21. The normalized spacial score (nSPS) is 11.8. The van der Waals surface area contributed by atoms with Crippen molar-refractivity contribution in [2.75, 3.05) is 6.54 Å². The maximum absolute atomic E-state index is 10.3. The number of rotatable bonds is 12. The average Bonchev–Trinajstić information content (AvgIpc) is 2.72.